The Morgan fingerprint density at radius 3 is 2.74 bits per heavy atom. The number of anilines is 1. The number of ether oxygens (including phenoxy) is 2. The maximum absolute atomic E-state index is 13.3. The largest absolute Gasteiger partial charge is 0.491 e. The number of amides is 1. The highest BCUT2D eigenvalue weighted by molar-refractivity contribution is 7.83. The van der Waals surface area contributed by atoms with Crippen LogP contribution in [0, 0.1) is 12.8 Å². The van der Waals surface area contributed by atoms with Crippen molar-refractivity contribution in [2.75, 3.05) is 31.2 Å². The number of nitrogens with zero attached hydrogens (tertiary/aromatic N) is 1. The minimum absolute atomic E-state index is 0.227. The zero-order valence-electron chi connectivity index (χ0n) is 23.5. The molecule has 5 rings (SSSR count). The van der Waals surface area contributed by atoms with E-state index >= 15 is 0 Å². The fraction of sp³-hybridized carbons (Fsp3) is 0.531. The maximum Gasteiger partial charge on any atom is 0.264 e. The Labute approximate surface area is 235 Å². The summed E-state index contributed by atoms with van der Waals surface area (Å²) in [4.78, 5) is 16.0. The molecular weight excluding hydrogens is 508 g/mol. The third kappa shape index (κ3) is 6.41. The summed E-state index contributed by atoms with van der Waals surface area (Å²) >= 11 is 0. The molecule has 2 aromatic carbocycles. The summed E-state index contributed by atoms with van der Waals surface area (Å²) in [7, 11) is -1.68. The topological polar surface area (TPSA) is 67.9 Å². The van der Waals surface area contributed by atoms with E-state index in [9.17, 15) is 9.00 Å². The van der Waals surface area contributed by atoms with Gasteiger partial charge in [0.1, 0.15) is 11.4 Å². The first-order chi connectivity index (χ1) is 18.9. The fourth-order valence-electron chi connectivity index (χ4n) is 5.79. The van der Waals surface area contributed by atoms with Crippen LogP contribution in [0.1, 0.15) is 75.0 Å². The van der Waals surface area contributed by atoms with E-state index in [0.717, 1.165) is 56.6 Å². The molecule has 1 spiro atoms. The van der Waals surface area contributed by atoms with Gasteiger partial charge in [-0.1, -0.05) is 62.6 Å². The lowest BCUT2D eigenvalue weighted by molar-refractivity contribution is -0.132. The molecule has 3 atom stereocenters. The van der Waals surface area contributed by atoms with Crippen LogP contribution in [0.3, 0.4) is 0 Å². The molecule has 2 bridgehead atoms. The second-order valence-corrected chi connectivity index (χ2v) is 12.5. The van der Waals surface area contributed by atoms with Gasteiger partial charge < -0.3 is 14.4 Å². The van der Waals surface area contributed by atoms with Crippen LogP contribution in [0.4, 0.5) is 5.69 Å². The Bertz CT molecular complexity index is 1240. The van der Waals surface area contributed by atoms with Gasteiger partial charge in [-0.05, 0) is 74.3 Å². The Hall–Kier alpha value is -2.64. The number of benzene rings is 2. The number of aryl methyl sites for hydroxylation is 2. The van der Waals surface area contributed by atoms with Crippen LogP contribution in [-0.4, -0.2) is 42.0 Å². The lowest BCUT2D eigenvalue weighted by atomic mass is 9.90. The number of fused-ring (bicyclic) bond motifs is 1. The Morgan fingerprint density at radius 1 is 1.13 bits per heavy atom. The van der Waals surface area contributed by atoms with E-state index in [-0.39, 0.29) is 11.8 Å². The maximum atomic E-state index is 13.3. The number of nitrogens with one attached hydrogen (secondary N) is 1. The SMILES string of the molecule is CCCc1cc(C)ccc1C1COc2ccc3cc2N(CCC(CC)C/C=C/COC2(CC2)C(=O)NS3=O)C1. The number of allylic oxidation sites excluding steroid dienone is 1. The second-order valence-electron chi connectivity index (χ2n) is 11.3. The predicted molar refractivity (Wildman–Crippen MR) is 157 cm³/mol. The summed E-state index contributed by atoms with van der Waals surface area (Å²) in [5.74, 6) is 1.29. The molecule has 7 heteroatoms. The van der Waals surface area contributed by atoms with Gasteiger partial charge >= 0.3 is 0 Å². The zero-order valence-corrected chi connectivity index (χ0v) is 24.4. The van der Waals surface area contributed by atoms with Crippen molar-refractivity contribution in [2.24, 2.45) is 5.92 Å². The average Bonchev–Trinajstić information content (AvgIpc) is 3.74. The Balaban J connectivity index is 1.48. The molecule has 1 saturated carbocycles. The van der Waals surface area contributed by atoms with E-state index in [1.54, 1.807) is 0 Å². The van der Waals surface area contributed by atoms with Crippen LogP contribution >= 0.6 is 0 Å². The number of hydrogen-bond donors (Lipinski definition) is 1. The number of hydrogen-bond acceptors (Lipinski definition) is 5. The van der Waals surface area contributed by atoms with Crippen molar-refractivity contribution >= 4 is 22.6 Å². The molecular formula is C32H42N2O4S. The van der Waals surface area contributed by atoms with Crippen LogP contribution in [0.2, 0.25) is 0 Å². The smallest absolute Gasteiger partial charge is 0.264 e. The van der Waals surface area contributed by atoms with Gasteiger partial charge in [-0.2, -0.15) is 0 Å². The van der Waals surface area contributed by atoms with Gasteiger partial charge in [-0.25, -0.2) is 4.21 Å². The molecule has 6 nitrogen and oxygen atoms in total. The van der Waals surface area contributed by atoms with Crippen molar-refractivity contribution < 1.29 is 18.5 Å². The zero-order chi connectivity index (χ0) is 27.4. The molecule has 0 saturated heterocycles. The lowest BCUT2D eigenvalue weighted by Crippen LogP contribution is -2.39. The van der Waals surface area contributed by atoms with Crippen molar-refractivity contribution in [1.29, 1.82) is 0 Å². The highest BCUT2D eigenvalue weighted by Gasteiger charge is 2.51. The predicted octanol–water partition coefficient (Wildman–Crippen LogP) is 5.99. The molecule has 39 heavy (non-hydrogen) atoms. The van der Waals surface area contributed by atoms with Crippen molar-refractivity contribution in [2.45, 2.75) is 82.1 Å². The van der Waals surface area contributed by atoms with Crippen LogP contribution in [-0.2, 0) is 26.9 Å². The van der Waals surface area contributed by atoms with Gasteiger partial charge in [0.15, 0.2) is 11.0 Å². The summed E-state index contributed by atoms with van der Waals surface area (Å²) in [5.41, 5.74) is 4.17. The van der Waals surface area contributed by atoms with E-state index in [0.29, 0.717) is 36.9 Å². The molecule has 3 unspecified atom stereocenters. The first-order valence-electron chi connectivity index (χ1n) is 14.6. The standard InChI is InChI=1S/C32H42N2O4S/c1-4-8-25-19-23(3)10-12-28(25)26-21-34-17-14-24(5-2)9-6-7-18-38-32(15-16-32)31(35)33-39(36)27-11-13-30(37-22-26)29(34)20-27/h6-7,10-13,19-20,24,26H,4-5,8-9,14-18,21-22H2,1-3H3,(H,33,35)/b7-6+. The molecule has 1 fully saturated rings. The molecule has 0 radical (unpaired) electrons. The average molecular weight is 551 g/mol. The number of carbonyl (C=O) groups excluding carboxylic acids is 1. The van der Waals surface area contributed by atoms with Crippen molar-refractivity contribution in [1.82, 2.24) is 4.72 Å². The molecule has 1 N–H and O–H groups in total. The van der Waals surface area contributed by atoms with Gasteiger partial charge in [-0.3, -0.25) is 9.52 Å². The molecule has 1 aliphatic carbocycles. The Morgan fingerprint density at radius 2 is 1.97 bits per heavy atom. The molecule has 2 heterocycles. The van der Waals surface area contributed by atoms with Crippen LogP contribution < -0.4 is 14.4 Å². The van der Waals surface area contributed by atoms with Crippen molar-refractivity contribution in [3.63, 3.8) is 0 Å². The summed E-state index contributed by atoms with van der Waals surface area (Å²) in [6, 6.07) is 12.5. The number of carbonyl (C=O) groups is 1. The van der Waals surface area contributed by atoms with Crippen LogP contribution in [0.25, 0.3) is 0 Å². The minimum atomic E-state index is -1.68. The third-order valence-electron chi connectivity index (χ3n) is 8.40. The molecule has 2 aromatic rings. The lowest BCUT2D eigenvalue weighted by Gasteiger charge is -2.29. The molecule has 1 amide bonds. The quantitative estimate of drug-likeness (QED) is 0.474. The summed E-state index contributed by atoms with van der Waals surface area (Å²) < 4.78 is 28.4. The molecule has 210 valence electrons. The van der Waals surface area contributed by atoms with E-state index < -0.39 is 16.6 Å². The van der Waals surface area contributed by atoms with E-state index in [2.05, 4.69) is 54.7 Å². The molecule has 3 aliphatic rings. The molecule has 2 aliphatic heterocycles. The third-order valence-corrected chi connectivity index (χ3v) is 9.46. The van der Waals surface area contributed by atoms with Crippen molar-refractivity contribution in [3.05, 3.63) is 65.2 Å². The van der Waals surface area contributed by atoms with E-state index in [1.165, 1.54) is 16.7 Å². The summed E-state index contributed by atoms with van der Waals surface area (Å²) in [6.45, 7) is 9.36. The summed E-state index contributed by atoms with van der Waals surface area (Å²) in [5, 5.41) is 0. The highest BCUT2D eigenvalue weighted by Crippen LogP contribution is 2.41. The summed E-state index contributed by atoms with van der Waals surface area (Å²) in [6.07, 6.45) is 10.8. The van der Waals surface area contributed by atoms with Gasteiger partial charge in [0.2, 0.25) is 0 Å². The van der Waals surface area contributed by atoms with E-state index in [1.807, 2.05) is 24.3 Å². The van der Waals surface area contributed by atoms with Crippen LogP contribution in [0.5, 0.6) is 5.75 Å². The first kappa shape index (κ1) is 27.9. The number of rotatable bonds is 4. The Kier molecular flexibility index (Phi) is 8.77. The highest BCUT2D eigenvalue weighted by atomic mass is 32.2. The van der Waals surface area contributed by atoms with Gasteiger partial charge in [0.05, 0.1) is 23.8 Å². The monoisotopic (exact) mass is 550 g/mol. The fourth-order valence-corrected chi connectivity index (χ4v) is 6.67. The van der Waals surface area contributed by atoms with Crippen LogP contribution in [0.15, 0.2) is 53.4 Å². The van der Waals surface area contributed by atoms with E-state index in [4.69, 9.17) is 9.47 Å². The van der Waals surface area contributed by atoms with Gasteiger partial charge in [-0.15, -0.1) is 0 Å². The molecule has 0 aromatic heterocycles. The van der Waals surface area contributed by atoms with Gasteiger partial charge in [0, 0.05) is 19.0 Å². The first-order valence-corrected chi connectivity index (χ1v) is 15.7. The second kappa shape index (κ2) is 12.3. The minimum Gasteiger partial charge on any atom is -0.491 e. The normalized spacial score (nSPS) is 25.9. The van der Waals surface area contributed by atoms with Crippen molar-refractivity contribution in [3.8, 4) is 5.75 Å². The van der Waals surface area contributed by atoms with Gasteiger partial charge in [0.25, 0.3) is 5.91 Å².